The Balaban J connectivity index is 2.61. The third kappa shape index (κ3) is 2.48. The molecule has 0 amide bonds. The van der Waals surface area contributed by atoms with E-state index in [1.54, 1.807) is 30.3 Å². The summed E-state index contributed by atoms with van der Waals surface area (Å²) in [4.78, 5) is 0. The van der Waals surface area contributed by atoms with E-state index in [4.69, 9.17) is 46.4 Å². The normalized spacial score (nSPS) is 10.6. The van der Waals surface area contributed by atoms with E-state index in [0.717, 1.165) is 5.56 Å². The lowest BCUT2D eigenvalue weighted by Crippen LogP contribution is -1.82. The van der Waals surface area contributed by atoms with E-state index in [2.05, 4.69) is 0 Å². The Morgan fingerprint density at radius 2 is 1.41 bits per heavy atom. The molecule has 0 radical (unpaired) electrons. The summed E-state index contributed by atoms with van der Waals surface area (Å²) in [6, 6.07) is 8.34. The fraction of sp³-hybridized carbons (Fsp3) is 0. The Kier molecular flexibility index (Phi) is 3.74. The third-order valence-corrected chi connectivity index (χ3v) is 3.83. The van der Waals surface area contributed by atoms with Crippen molar-refractivity contribution in [2.24, 2.45) is 0 Å². The molecule has 0 unspecified atom stereocenters. The van der Waals surface area contributed by atoms with Gasteiger partial charge >= 0.3 is 0 Å². The number of benzene rings is 2. The number of hydrogen-bond donors (Lipinski definition) is 1. The quantitative estimate of drug-likeness (QED) is 0.719. The van der Waals surface area contributed by atoms with Crippen LogP contribution in [0.25, 0.3) is 11.1 Å². The first-order valence-corrected chi connectivity index (χ1v) is 6.14. The van der Waals surface area contributed by atoms with Crippen molar-refractivity contribution in [2.75, 3.05) is 0 Å². The zero-order valence-electron chi connectivity index (χ0n) is 8.35. The van der Waals surface area contributed by atoms with Crippen LogP contribution in [0.4, 0.5) is 0 Å². The second-order valence-electron chi connectivity index (χ2n) is 3.39. The lowest BCUT2D eigenvalue weighted by molar-refractivity contribution is 0.477. The van der Waals surface area contributed by atoms with Crippen molar-refractivity contribution in [3.8, 4) is 16.9 Å². The topological polar surface area (TPSA) is 20.2 Å². The van der Waals surface area contributed by atoms with Crippen molar-refractivity contribution in [1.29, 1.82) is 0 Å². The van der Waals surface area contributed by atoms with Gasteiger partial charge in [-0.05, 0) is 29.8 Å². The minimum Gasteiger partial charge on any atom is -0.506 e. The van der Waals surface area contributed by atoms with Gasteiger partial charge < -0.3 is 5.11 Å². The SMILES string of the molecule is Oc1c(-c2ccc(Cl)c(Cl)c2)ccc(Cl)c1Cl. The molecule has 0 aliphatic rings. The van der Waals surface area contributed by atoms with E-state index in [1.165, 1.54) is 0 Å². The standard InChI is InChI=1S/C12H6Cl4O/c13-8-3-1-6(5-10(8)15)7-2-4-9(14)11(16)12(7)17/h1-5,17H. The van der Waals surface area contributed by atoms with Crippen LogP contribution in [0.2, 0.25) is 20.1 Å². The molecule has 17 heavy (non-hydrogen) atoms. The summed E-state index contributed by atoms with van der Waals surface area (Å²) in [6.45, 7) is 0. The van der Waals surface area contributed by atoms with Gasteiger partial charge in [-0.15, -0.1) is 0 Å². The molecule has 0 heterocycles. The third-order valence-electron chi connectivity index (χ3n) is 2.30. The van der Waals surface area contributed by atoms with Crippen LogP contribution < -0.4 is 0 Å². The monoisotopic (exact) mass is 306 g/mol. The van der Waals surface area contributed by atoms with Crippen LogP contribution in [0.5, 0.6) is 5.75 Å². The molecule has 1 nitrogen and oxygen atoms in total. The predicted octanol–water partition coefficient (Wildman–Crippen LogP) is 5.67. The van der Waals surface area contributed by atoms with Crippen molar-refractivity contribution < 1.29 is 5.11 Å². The van der Waals surface area contributed by atoms with Crippen molar-refractivity contribution >= 4 is 46.4 Å². The fourth-order valence-corrected chi connectivity index (χ4v) is 2.05. The molecule has 2 aromatic rings. The van der Waals surface area contributed by atoms with Crippen molar-refractivity contribution in [3.63, 3.8) is 0 Å². The van der Waals surface area contributed by atoms with E-state index in [1.807, 2.05) is 0 Å². The Labute approximate surface area is 118 Å². The van der Waals surface area contributed by atoms with Crippen LogP contribution >= 0.6 is 46.4 Å². The lowest BCUT2D eigenvalue weighted by Gasteiger charge is -2.08. The van der Waals surface area contributed by atoms with Crippen LogP contribution in [0, 0.1) is 0 Å². The Morgan fingerprint density at radius 3 is 2.06 bits per heavy atom. The first-order valence-electron chi connectivity index (χ1n) is 4.63. The summed E-state index contributed by atoms with van der Waals surface area (Å²) >= 11 is 23.4. The molecule has 0 aliphatic heterocycles. The van der Waals surface area contributed by atoms with Crippen LogP contribution in [0.15, 0.2) is 30.3 Å². The molecule has 0 saturated heterocycles. The maximum atomic E-state index is 9.90. The minimum atomic E-state index is -0.0717. The van der Waals surface area contributed by atoms with E-state index in [9.17, 15) is 5.11 Å². The summed E-state index contributed by atoms with van der Waals surface area (Å²) in [5, 5.41) is 11.2. The predicted molar refractivity (Wildman–Crippen MR) is 73.6 cm³/mol. The highest BCUT2D eigenvalue weighted by atomic mass is 35.5. The van der Waals surface area contributed by atoms with Crippen LogP contribution in [-0.4, -0.2) is 5.11 Å². The van der Waals surface area contributed by atoms with Gasteiger partial charge in [0, 0.05) is 5.56 Å². The summed E-state index contributed by atoms with van der Waals surface area (Å²) < 4.78 is 0. The molecular weight excluding hydrogens is 302 g/mol. The number of halogens is 4. The van der Waals surface area contributed by atoms with Gasteiger partial charge in [0.05, 0.1) is 15.1 Å². The van der Waals surface area contributed by atoms with Crippen LogP contribution in [-0.2, 0) is 0 Å². The summed E-state index contributed by atoms with van der Waals surface area (Å²) in [6.07, 6.45) is 0. The molecule has 0 spiro atoms. The summed E-state index contributed by atoms with van der Waals surface area (Å²) in [7, 11) is 0. The highest BCUT2D eigenvalue weighted by Gasteiger charge is 2.12. The average Bonchev–Trinajstić information content (AvgIpc) is 2.30. The van der Waals surface area contributed by atoms with Gasteiger partial charge in [0.25, 0.3) is 0 Å². The largest absolute Gasteiger partial charge is 0.506 e. The second kappa shape index (κ2) is 4.95. The maximum Gasteiger partial charge on any atom is 0.143 e. The van der Waals surface area contributed by atoms with Gasteiger partial charge in [-0.2, -0.15) is 0 Å². The smallest absolute Gasteiger partial charge is 0.143 e. The van der Waals surface area contributed by atoms with Gasteiger partial charge in [0.2, 0.25) is 0 Å². The van der Waals surface area contributed by atoms with Crippen molar-refractivity contribution in [1.82, 2.24) is 0 Å². The van der Waals surface area contributed by atoms with E-state index < -0.39 is 0 Å². The molecule has 2 rings (SSSR count). The molecule has 0 fully saturated rings. The van der Waals surface area contributed by atoms with Crippen molar-refractivity contribution in [2.45, 2.75) is 0 Å². The van der Waals surface area contributed by atoms with Gasteiger partial charge in [0.15, 0.2) is 0 Å². The first kappa shape index (κ1) is 12.8. The van der Waals surface area contributed by atoms with E-state index in [0.29, 0.717) is 20.6 Å². The number of aromatic hydroxyl groups is 1. The van der Waals surface area contributed by atoms with E-state index in [-0.39, 0.29) is 10.8 Å². The Hall–Kier alpha value is -0.600. The molecule has 88 valence electrons. The minimum absolute atomic E-state index is 0.0717. The molecule has 0 atom stereocenters. The molecule has 0 aliphatic carbocycles. The number of phenolic OH excluding ortho intramolecular Hbond substituents is 1. The zero-order chi connectivity index (χ0) is 12.6. The van der Waals surface area contributed by atoms with Crippen molar-refractivity contribution in [3.05, 3.63) is 50.4 Å². The molecule has 1 N–H and O–H groups in total. The first-order chi connectivity index (χ1) is 8.00. The summed E-state index contributed by atoms with van der Waals surface area (Å²) in [5.41, 5.74) is 1.27. The molecule has 5 heteroatoms. The highest BCUT2D eigenvalue weighted by Crippen LogP contribution is 2.40. The molecule has 0 saturated carbocycles. The maximum absolute atomic E-state index is 9.90. The number of hydrogen-bond acceptors (Lipinski definition) is 1. The second-order valence-corrected chi connectivity index (χ2v) is 4.99. The molecule has 0 bridgehead atoms. The van der Waals surface area contributed by atoms with Gasteiger partial charge in [-0.25, -0.2) is 0 Å². The lowest BCUT2D eigenvalue weighted by atomic mass is 10.0. The fourth-order valence-electron chi connectivity index (χ4n) is 1.44. The molecular formula is C12H6Cl4O. The molecule has 2 aromatic carbocycles. The Morgan fingerprint density at radius 1 is 0.765 bits per heavy atom. The van der Waals surface area contributed by atoms with Crippen LogP contribution in [0.1, 0.15) is 0 Å². The average molecular weight is 308 g/mol. The zero-order valence-corrected chi connectivity index (χ0v) is 11.4. The number of rotatable bonds is 1. The Bertz CT molecular complexity index is 581. The van der Waals surface area contributed by atoms with Gasteiger partial charge in [0.1, 0.15) is 10.8 Å². The van der Waals surface area contributed by atoms with E-state index >= 15 is 0 Å². The summed E-state index contributed by atoms with van der Waals surface area (Å²) in [5.74, 6) is -0.0717. The van der Waals surface area contributed by atoms with Gasteiger partial charge in [-0.1, -0.05) is 52.5 Å². The highest BCUT2D eigenvalue weighted by molar-refractivity contribution is 6.43. The number of phenols is 1. The molecule has 0 aromatic heterocycles. The van der Waals surface area contributed by atoms with Gasteiger partial charge in [-0.3, -0.25) is 0 Å². The van der Waals surface area contributed by atoms with Crippen LogP contribution in [0.3, 0.4) is 0 Å².